The molecule has 1 saturated heterocycles. The van der Waals surface area contributed by atoms with Gasteiger partial charge >= 0.3 is 0 Å². The van der Waals surface area contributed by atoms with Crippen molar-refractivity contribution in [1.82, 2.24) is 15.1 Å². The van der Waals surface area contributed by atoms with Crippen molar-refractivity contribution in [2.24, 2.45) is 5.92 Å². The minimum absolute atomic E-state index is 0.129. The summed E-state index contributed by atoms with van der Waals surface area (Å²) < 4.78 is 0. The number of hydrogen-bond donors (Lipinski definition) is 1. The number of hydrogen-bond acceptors (Lipinski definition) is 3. The van der Waals surface area contributed by atoms with Crippen LogP contribution in [0.5, 0.6) is 0 Å². The van der Waals surface area contributed by atoms with Gasteiger partial charge in [0.15, 0.2) is 0 Å². The van der Waals surface area contributed by atoms with E-state index in [0.717, 1.165) is 58.5 Å². The van der Waals surface area contributed by atoms with Gasteiger partial charge < -0.3 is 5.32 Å². The molecule has 3 aromatic rings. The number of benzene rings is 3. The first-order chi connectivity index (χ1) is 17.1. The van der Waals surface area contributed by atoms with Gasteiger partial charge in [0.25, 0.3) is 0 Å². The zero-order valence-corrected chi connectivity index (χ0v) is 20.9. The van der Waals surface area contributed by atoms with Crippen LogP contribution in [0.15, 0.2) is 72.8 Å². The zero-order valence-electron chi connectivity index (χ0n) is 20.9. The van der Waals surface area contributed by atoms with Gasteiger partial charge in [-0.2, -0.15) is 0 Å². The third-order valence-corrected chi connectivity index (χ3v) is 7.72. The van der Waals surface area contributed by atoms with Gasteiger partial charge in [-0.05, 0) is 72.7 Å². The van der Waals surface area contributed by atoms with Crippen molar-refractivity contribution in [3.05, 3.63) is 106 Å². The Morgan fingerprint density at radius 3 is 2.26 bits per heavy atom. The van der Waals surface area contributed by atoms with Gasteiger partial charge in [0.05, 0.1) is 0 Å². The average Bonchev–Trinajstić information content (AvgIpc) is 2.90. The number of carbonyl (C=O) groups excluding carboxylic acids is 1. The van der Waals surface area contributed by atoms with Crippen LogP contribution in [-0.2, 0) is 37.4 Å². The molecule has 182 valence electrons. The van der Waals surface area contributed by atoms with Crippen molar-refractivity contribution in [3.8, 4) is 0 Å². The minimum Gasteiger partial charge on any atom is -0.352 e. The van der Waals surface area contributed by atoms with Gasteiger partial charge in [-0.3, -0.25) is 14.6 Å². The second-order valence-corrected chi connectivity index (χ2v) is 10.2. The highest BCUT2D eigenvalue weighted by Crippen LogP contribution is 2.22. The first-order valence-corrected chi connectivity index (χ1v) is 13.1. The minimum atomic E-state index is 0.129. The molecule has 1 N–H and O–H groups in total. The molecular weight excluding hydrogens is 430 g/mol. The predicted octanol–water partition coefficient (Wildman–Crippen LogP) is 5.08. The van der Waals surface area contributed by atoms with Crippen LogP contribution in [0.3, 0.4) is 0 Å². The van der Waals surface area contributed by atoms with E-state index in [-0.39, 0.29) is 11.8 Å². The largest absolute Gasteiger partial charge is 0.352 e. The molecule has 1 amide bonds. The molecule has 0 bridgehead atoms. The first kappa shape index (κ1) is 23.8. The molecule has 0 aromatic heterocycles. The maximum absolute atomic E-state index is 12.8. The Bertz CT molecular complexity index is 1130. The van der Waals surface area contributed by atoms with Crippen LogP contribution >= 0.6 is 0 Å². The number of aryl methyl sites for hydroxylation is 1. The molecule has 4 nitrogen and oxygen atoms in total. The van der Waals surface area contributed by atoms with E-state index in [4.69, 9.17) is 0 Å². The number of piperidine rings is 1. The SMILES string of the molecule is Cc1ccccc1CN1CCC(C(=O)NCc2ccc(CN3CCc4ccccc4C3)cc2)CC1. The Morgan fingerprint density at radius 2 is 1.49 bits per heavy atom. The molecule has 2 aliphatic heterocycles. The Balaban J connectivity index is 1.05. The van der Waals surface area contributed by atoms with Crippen molar-refractivity contribution in [3.63, 3.8) is 0 Å². The summed E-state index contributed by atoms with van der Waals surface area (Å²) >= 11 is 0. The first-order valence-electron chi connectivity index (χ1n) is 13.1. The number of rotatable bonds is 7. The molecule has 2 aliphatic rings. The second kappa shape index (κ2) is 11.2. The highest BCUT2D eigenvalue weighted by atomic mass is 16.1. The maximum Gasteiger partial charge on any atom is 0.223 e. The summed E-state index contributed by atoms with van der Waals surface area (Å²) in [5, 5.41) is 3.19. The molecule has 35 heavy (non-hydrogen) atoms. The zero-order chi connectivity index (χ0) is 24.0. The van der Waals surface area contributed by atoms with Gasteiger partial charge in [-0.15, -0.1) is 0 Å². The van der Waals surface area contributed by atoms with Crippen LogP contribution < -0.4 is 5.32 Å². The summed E-state index contributed by atoms with van der Waals surface area (Å²) in [6.07, 6.45) is 3.01. The summed E-state index contributed by atoms with van der Waals surface area (Å²) in [5.41, 5.74) is 8.19. The van der Waals surface area contributed by atoms with Gasteiger partial charge in [0.2, 0.25) is 5.91 Å². The van der Waals surface area contributed by atoms with E-state index < -0.39 is 0 Å². The van der Waals surface area contributed by atoms with Crippen molar-refractivity contribution < 1.29 is 4.79 Å². The fourth-order valence-corrected chi connectivity index (χ4v) is 5.43. The molecule has 0 saturated carbocycles. The Hall–Kier alpha value is -2.95. The van der Waals surface area contributed by atoms with E-state index in [1.54, 1.807) is 0 Å². The third kappa shape index (κ3) is 6.19. The monoisotopic (exact) mass is 467 g/mol. The fraction of sp³-hybridized carbons (Fsp3) is 0.387. The lowest BCUT2D eigenvalue weighted by molar-refractivity contribution is -0.126. The molecule has 0 spiro atoms. The number of fused-ring (bicyclic) bond motifs is 1. The average molecular weight is 468 g/mol. The van der Waals surface area contributed by atoms with Crippen LogP contribution in [0, 0.1) is 12.8 Å². The summed E-state index contributed by atoms with van der Waals surface area (Å²) in [5.74, 6) is 0.334. The van der Waals surface area contributed by atoms with E-state index in [1.807, 2.05) is 0 Å². The van der Waals surface area contributed by atoms with E-state index >= 15 is 0 Å². The molecule has 1 fully saturated rings. The van der Waals surface area contributed by atoms with Gasteiger partial charge in [0, 0.05) is 38.6 Å². The maximum atomic E-state index is 12.8. The van der Waals surface area contributed by atoms with Gasteiger partial charge in [-0.25, -0.2) is 0 Å². The quantitative estimate of drug-likeness (QED) is 0.526. The molecule has 5 rings (SSSR count). The standard InChI is InChI=1S/C31H37N3O/c1-24-6-2-3-8-29(24)22-33-17-15-28(16-18-33)31(35)32-20-25-10-12-26(13-11-25)21-34-19-14-27-7-4-5-9-30(27)23-34/h2-13,28H,14-23H2,1H3,(H,32,35). The molecule has 2 heterocycles. The lowest BCUT2D eigenvalue weighted by Crippen LogP contribution is -2.40. The van der Waals surface area contributed by atoms with Crippen molar-refractivity contribution in [2.45, 2.75) is 52.4 Å². The summed E-state index contributed by atoms with van der Waals surface area (Å²) in [4.78, 5) is 17.8. The van der Waals surface area contributed by atoms with Crippen molar-refractivity contribution in [1.29, 1.82) is 0 Å². The lowest BCUT2D eigenvalue weighted by Gasteiger charge is -2.31. The Labute approximate surface area is 210 Å². The molecule has 0 radical (unpaired) electrons. The van der Waals surface area contributed by atoms with E-state index in [2.05, 4.69) is 94.8 Å². The van der Waals surface area contributed by atoms with Crippen LogP contribution in [0.1, 0.15) is 46.2 Å². The Kier molecular flexibility index (Phi) is 7.60. The van der Waals surface area contributed by atoms with E-state index in [9.17, 15) is 4.79 Å². The highest BCUT2D eigenvalue weighted by molar-refractivity contribution is 5.78. The van der Waals surface area contributed by atoms with Crippen LogP contribution in [0.2, 0.25) is 0 Å². The van der Waals surface area contributed by atoms with E-state index in [0.29, 0.717) is 6.54 Å². The summed E-state index contributed by atoms with van der Waals surface area (Å²) in [6, 6.07) is 26.1. The normalized spacial score (nSPS) is 17.2. The number of nitrogens with zero attached hydrogens (tertiary/aromatic N) is 2. The van der Waals surface area contributed by atoms with Crippen LogP contribution in [0.25, 0.3) is 0 Å². The smallest absolute Gasteiger partial charge is 0.223 e. The lowest BCUT2D eigenvalue weighted by atomic mass is 9.95. The summed E-state index contributed by atoms with van der Waals surface area (Å²) in [6.45, 7) is 8.86. The number of likely N-dealkylation sites (tertiary alicyclic amines) is 1. The van der Waals surface area contributed by atoms with Gasteiger partial charge in [0.1, 0.15) is 0 Å². The van der Waals surface area contributed by atoms with Crippen LogP contribution in [0.4, 0.5) is 0 Å². The van der Waals surface area contributed by atoms with Crippen molar-refractivity contribution >= 4 is 5.91 Å². The molecule has 0 atom stereocenters. The number of amides is 1. The number of nitrogens with one attached hydrogen (secondary N) is 1. The Morgan fingerprint density at radius 1 is 0.800 bits per heavy atom. The molecule has 0 unspecified atom stereocenters. The second-order valence-electron chi connectivity index (χ2n) is 10.2. The fourth-order valence-electron chi connectivity index (χ4n) is 5.43. The predicted molar refractivity (Wildman–Crippen MR) is 142 cm³/mol. The van der Waals surface area contributed by atoms with Crippen LogP contribution in [-0.4, -0.2) is 35.3 Å². The summed E-state index contributed by atoms with van der Waals surface area (Å²) in [7, 11) is 0. The molecule has 3 aromatic carbocycles. The van der Waals surface area contributed by atoms with Crippen molar-refractivity contribution in [2.75, 3.05) is 19.6 Å². The molecular formula is C31H37N3O. The number of carbonyl (C=O) groups is 1. The highest BCUT2D eigenvalue weighted by Gasteiger charge is 2.25. The van der Waals surface area contributed by atoms with Gasteiger partial charge in [-0.1, -0.05) is 72.8 Å². The molecule has 0 aliphatic carbocycles. The molecule has 4 heteroatoms. The third-order valence-electron chi connectivity index (χ3n) is 7.72. The topological polar surface area (TPSA) is 35.6 Å². The van der Waals surface area contributed by atoms with E-state index in [1.165, 1.54) is 33.4 Å².